The Hall–Kier alpha value is -2.65. The molecule has 0 amide bonds. The highest BCUT2D eigenvalue weighted by molar-refractivity contribution is 5.44. The van der Waals surface area contributed by atoms with Crippen LogP contribution in [0.15, 0.2) is 33.9 Å². The minimum Gasteiger partial charge on any atom is -0.451 e. The molecule has 21 heavy (non-hydrogen) atoms. The van der Waals surface area contributed by atoms with Crippen molar-refractivity contribution in [3.63, 3.8) is 0 Å². The van der Waals surface area contributed by atoms with E-state index in [1.54, 1.807) is 0 Å². The van der Waals surface area contributed by atoms with Crippen molar-refractivity contribution >= 4 is 0 Å². The summed E-state index contributed by atoms with van der Waals surface area (Å²) in [5.74, 6) is 0.471. The van der Waals surface area contributed by atoms with Gasteiger partial charge < -0.3 is 8.94 Å². The van der Waals surface area contributed by atoms with Gasteiger partial charge in [-0.25, -0.2) is 4.98 Å². The number of rotatable bonds is 4. The Bertz CT molecular complexity index is 716. The van der Waals surface area contributed by atoms with E-state index in [0.29, 0.717) is 11.4 Å². The summed E-state index contributed by atoms with van der Waals surface area (Å²) in [7, 11) is 0. The molecule has 0 aliphatic heterocycles. The van der Waals surface area contributed by atoms with Crippen LogP contribution in [-0.2, 0) is 13.0 Å². The Balaban J connectivity index is 1.70. The van der Waals surface area contributed by atoms with E-state index >= 15 is 0 Å². The topological polar surface area (TPSA) is 82.8 Å². The number of nitrogens with zero attached hydrogens (tertiary/aromatic N) is 5. The molecule has 0 aliphatic rings. The first-order chi connectivity index (χ1) is 9.99. The predicted molar refractivity (Wildman–Crippen MR) is 60.9 cm³/mol. The zero-order valence-electron chi connectivity index (χ0n) is 10.4. The number of hydrogen-bond donors (Lipinski definition) is 0. The van der Waals surface area contributed by atoms with Gasteiger partial charge in [-0.2, -0.15) is 23.3 Å². The summed E-state index contributed by atoms with van der Waals surface area (Å²) >= 11 is 0. The smallest absolute Gasteiger partial charge is 0.408 e. The molecule has 110 valence electrons. The zero-order valence-corrected chi connectivity index (χ0v) is 10.4. The lowest BCUT2D eigenvalue weighted by Gasteiger charge is -2.05. The fraction of sp³-hybridized carbons (Fsp3) is 0.273. The van der Waals surface area contributed by atoms with E-state index in [2.05, 4.69) is 20.2 Å². The van der Waals surface area contributed by atoms with Gasteiger partial charge in [0.25, 0.3) is 0 Å². The van der Waals surface area contributed by atoms with E-state index in [4.69, 9.17) is 8.94 Å². The summed E-state index contributed by atoms with van der Waals surface area (Å²) in [6.07, 6.45) is -0.349. The number of aromatic nitrogens is 5. The van der Waals surface area contributed by atoms with E-state index < -0.39 is 12.7 Å². The van der Waals surface area contributed by atoms with Gasteiger partial charge in [0.1, 0.15) is 18.5 Å². The van der Waals surface area contributed by atoms with Crippen molar-refractivity contribution in [2.75, 3.05) is 0 Å². The SMILES string of the molecule is FC(F)(F)Cn1ccc(Cc2nc(-c3cocn3)no2)n1. The van der Waals surface area contributed by atoms with Crippen molar-refractivity contribution in [2.24, 2.45) is 0 Å². The van der Waals surface area contributed by atoms with Crippen molar-refractivity contribution in [2.45, 2.75) is 19.1 Å². The van der Waals surface area contributed by atoms with Crippen LogP contribution in [0.2, 0.25) is 0 Å². The lowest BCUT2D eigenvalue weighted by atomic mass is 10.3. The quantitative estimate of drug-likeness (QED) is 0.733. The molecule has 0 aliphatic carbocycles. The number of alkyl halides is 3. The average Bonchev–Trinajstić information content (AvgIpc) is 3.08. The minimum absolute atomic E-state index is 0.135. The molecule has 7 nitrogen and oxygen atoms in total. The van der Waals surface area contributed by atoms with E-state index in [9.17, 15) is 13.2 Å². The number of hydrogen-bond acceptors (Lipinski definition) is 6. The second-order valence-corrected chi connectivity index (χ2v) is 4.18. The minimum atomic E-state index is -4.31. The van der Waals surface area contributed by atoms with Crippen molar-refractivity contribution in [3.8, 4) is 11.5 Å². The van der Waals surface area contributed by atoms with Crippen molar-refractivity contribution < 1.29 is 22.1 Å². The lowest BCUT2D eigenvalue weighted by molar-refractivity contribution is -0.142. The Labute approximate surface area is 115 Å². The highest BCUT2D eigenvalue weighted by atomic mass is 19.4. The molecule has 0 saturated heterocycles. The molecule has 0 atom stereocenters. The monoisotopic (exact) mass is 299 g/mol. The third kappa shape index (κ3) is 3.27. The highest BCUT2D eigenvalue weighted by Crippen LogP contribution is 2.18. The average molecular weight is 299 g/mol. The molecule has 0 fully saturated rings. The number of oxazole rings is 1. The molecule has 0 saturated carbocycles. The fourth-order valence-corrected chi connectivity index (χ4v) is 1.68. The van der Waals surface area contributed by atoms with Gasteiger partial charge in [-0.05, 0) is 6.07 Å². The second-order valence-electron chi connectivity index (χ2n) is 4.18. The molecule has 0 radical (unpaired) electrons. The molecule has 0 aromatic carbocycles. The van der Waals surface area contributed by atoms with Gasteiger partial charge >= 0.3 is 6.18 Å². The van der Waals surface area contributed by atoms with Gasteiger partial charge in [-0.3, -0.25) is 4.68 Å². The molecule has 10 heteroatoms. The van der Waals surface area contributed by atoms with Crippen LogP contribution in [0.1, 0.15) is 11.6 Å². The van der Waals surface area contributed by atoms with Crippen LogP contribution >= 0.6 is 0 Å². The first-order valence-electron chi connectivity index (χ1n) is 5.80. The second kappa shape index (κ2) is 5.04. The molecule has 0 N–H and O–H groups in total. The summed E-state index contributed by atoms with van der Waals surface area (Å²) < 4.78 is 47.3. The third-order valence-corrected chi connectivity index (χ3v) is 2.50. The molecular weight excluding hydrogens is 291 g/mol. The normalized spacial score (nSPS) is 12.0. The van der Waals surface area contributed by atoms with Crippen LogP contribution in [0.3, 0.4) is 0 Å². The van der Waals surface area contributed by atoms with Crippen LogP contribution in [0.4, 0.5) is 13.2 Å². The molecule has 0 unspecified atom stereocenters. The molecule has 0 spiro atoms. The molecule has 0 bridgehead atoms. The van der Waals surface area contributed by atoms with Crippen molar-refractivity contribution in [3.05, 3.63) is 36.5 Å². The van der Waals surface area contributed by atoms with E-state index in [1.165, 1.54) is 24.9 Å². The zero-order chi connectivity index (χ0) is 14.9. The lowest BCUT2D eigenvalue weighted by Crippen LogP contribution is -2.18. The Morgan fingerprint density at radius 3 is 2.86 bits per heavy atom. The summed E-state index contributed by atoms with van der Waals surface area (Å²) in [5.41, 5.74) is 0.808. The van der Waals surface area contributed by atoms with Gasteiger partial charge in [-0.15, -0.1) is 0 Å². The van der Waals surface area contributed by atoms with Gasteiger partial charge in [0, 0.05) is 6.20 Å². The maximum absolute atomic E-state index is 12.2. The molecular formula is C11H8F3N5O2. The summed E-state index contributed by atoms with van der Waals surface area (Å²) in [6.45, 7) is -1.14. The van der Waals surface area contributed by atoms with E-state index in [1.807, 2.05) is 0 Å². The maximum atomic E-state index is 12.2. The third-order valence-electron chi connectivity index (χ3n) is 2.50. The van der Waals surface area contributed by atoms with Crippen LogP contribution in [-0.4, -0.2) is 31.1 Å². The number of halogens is 3. The Morgan fingerprint density at radius 2 is 2.14 bits per heavy atom. The summed E-state index contributed by atoms with van der Waals surface area (Å²) in [4.78, 5) is 7.91. The largest absolute Gasteiger partial charge is 0.451 e. The molecule has 3 aromatic heterocycles. The molecule has 3 heterocycles. The first-order valence-corrected chi connectivity index (χ1v) is 5.80. The highest BCUT2D eigenvalue weighted by Gasteiger charge is 2.28. The molecule has 3 rings (SSSR count). The maximum Gasteiger partial charge on any atom is 0.408 e. The van der Waals surface area contributed by atoms with Gasteiger partial charge in [0.2, 0.25) is 11.7 Å². The van der Waals surface area contributed by atoms with Crippen LogP contribution < -0.4 is 0 Å². The van der Waals surface area contributed by atoms with Crippen LogP contribution in [0, 0.1) is 0 Å². The van der Waals surface area contributed by atoms with Gasteiger partial charge in [-0.1, -0.05) is 5.16 Å². The van der Waals surface area contributed by atoms with Crippen LogP contribution in [0.5, 0.6) is 0 Å². The van der Waals surface area contributed by atoms with Gasteiger partial charge in [0.05, 0.1) is 12.1 Å². The Kier molecular flexibility index (Phi) is 3.20. The standard InChI is InChI=1S/C11H8F3N5O2/c12-11(13,14)5-19-2-1-7(17-19)3-9-16-10(18-21-9)8-4-20-6-15-8/h1-2,4,6H,3,5H2. The molecule has 3 aromatic rings. The van der Waals surface area contributed by atoms with Crippen molar-refractivity contribution in [1.29, 1.82) is 0 Å². The predicted octanol–water partition coefficient (Wildman–Crippen LogP) is 2.07. The van der Waals surface area contributed by atoms with Gasteiger partial charge in [0.15, 0.2) is 6.39 Å². The van der Waals surface area contributed by atoms with E-state index in [0.717, 1.165) is 4.68 Å². The van der Waals surface area contributed by atoms with Crippen LogP contribution in [0.25, 0.3) is 11.5 Å². The Morgan fingerprint density at radius 1 is 1.29 bits per heavy atom. The summed E-state index contributed by atoms with van der Waals surface area (Å²) in [6, 6.07) is 1.46. The van der Waals surface area contributed by atoms with Crippen molar-refractivity contribution in [1.82, 2.24) is 24.9 Å². The first kappa shape index (κ1) is 13.3. The fourth-order valence-electron chi connectivity index (χ4n) is 1.68. The summed E-state index contributed by atoms with van der Waals surface area (Å²) in [5, 5.41) is 7.50. The van der Waals surface area contributed by atoms with E-state index in [-0.39, 0.29) is 18.1 Å².